The summed E-state index contributed by atoms with van der Waals surface area (Å²) in [6.45, 7) is 5.24. The fourth-order valence-electron chi connectivity index (χ4n) is 3.95. The first kappa shape index (κ1) is 23.7. The lowest BCUT2D eigenvalue weighted by Crippen LogP contribution is -2.43. The van der Waals surface area contributed by atoms with Crippen molar-refractivity contribution in [1.29, 1.82) is 0 Å². The van der Waals surface area contributed by atoms with Crippen molar-refractivity contribution in [3.8, 4) is 11.3 Å². The number of hydrogen-bond acceptors (Lipinski definition) is 3. The molecule has 2 aromatic rings. The van der Waals surface area contributed by atoms with Crippen LogP contribution in [0.25, 0.3) is 11.3 Å². The number of aliphatic imine (C=N–C) groups is 1. The van der Waals surface area contributed by atoms with E-state index in [9.17, 15) is 0 Å². The second-order valence-electron chi connectivity index (χ2n) is 7.54. The van der Waals surface area contributed by atoms with Crippen LogP contribution in [0.4, 0.5) is 0 Å². The average Bonchev–Trinajstić information content (AvgIpc) is 3.39. The molecular weight excluding hydrogens is 477 g/mol. The fourth-order valence-corrected chi connectivity index (χ4v) is 3.95. The summed E-state index contributed by atoms with van der Waals surface area (Å²) in [4.78, 5) is 12.2. The van der Waals surface area contributed by atoms with Gasteiger partial charge in [-0.25, -0.2) is 4.98 Å². The van der Waals surface area contributed by atoms with Gasteiger partial charge in [0.2, 0.25) is 0 Å². The van der Waals surface area contributed by atoms with E-state index in [1.54, 1.807) is 0 Å². The van der Waals surface area contributed by atoms with Crippen molar-refractivity contribution in [1.82, 2.24) is 20.6 Å². The Morgan fingerprint density at radius 2 is 1.97 bits per heavy atom. The number of guanidine groups is 1. The lowest BCUT2D eigenvalue weighted by molar-refractivity contribution is 0.105. The minimum absolute atomic E-state index is 0. The zero-order valence-electron chi connectivity index (χ0n) is 17.5. The highest BCUT2D eigenvalue weighted by Crippen LogP contribution is 2.40. The molecule has 1 heterocycles. The Morgan fingerprint density at radius 3 is 2.66 bits per heavy atom. The van der Waals surface area contributed by atoms with Gasteiger partial charge in [0.1, 0.15) is 5.82 Å². The maximum atomic E-state index is 5.61. The second-order valence-corrected chi connectivity index (χ2v) is 7.54. The number of nitrogens with one attached hydrogen (secondary N) is 3. The summed E-state index contributed by atoms with van der Waals surface area (Å²) in [5, 5.41) is 6.90. The predicted molar refractivity (Wildman–Crippen MR) is 130 cm³/mol. The largest absolute Gasteiger partial charge is 0.382 e. The van der Waals surface area contributed by atoms with Crippen LogP contribution in [-0.4, -0.2) is 42.7 Å². The minimum atomic E-state index is 0. The average molecular weight is 511 g/mol. The van der Waals surface area contributed by atoms with E-state index in [1.165, 1.54) is 25.7 Å². The van der Waals surface area contributed by atoms with Crippen molar-refractivity contribution < 1.29 is 4.74 Å². The summed E-state index contributed by atoms with van der Waals surface area (Å²) >= 11 is 0. The summed E-state index contributed by atoms with van der Waals surface area (Å²) < 4.78 is 5.61. The monoisotopic (exact) mass is 511 g/mol. The first-order chi connectivity index (χ1) is 13.7. The first-order valence-electron chi connectivity index (χ1n) is 10.4. The minimum Gasteiger partial charge on any atom is -0.382 e. The second kappa shape index (κ2) is 12.2. The third kappa shape index (κ3) is 6.99. The van der Waals surface area contributed by atoms with E-state index < -0.39 is 0 Å². The van der Waals surface area contributed by atoms with Crippen molar-refractivity contribution in [2.24, 2.45) is 10.4 Å². The predicted octanol–water partition coefficient (Wildman–Crippen LogP) is 4.35. The summed E-state index contributed by atoms with van der Waals surface area (Å²) in [6.07, 6.45) is 8.15. The van der Waals surface area contributed by atoms with Crippen molar-refractivity contribution in [2.75, 3.05) is 26.8 Å². The van der Waals surface area contributed by atoms with Gasteiger partial charge in [-0.1, -0.05) is 43.2 Å². The molecule has 0 saturated heterocycles. The maximum absolute atomic E-state index is 5.61. The van der Waals surface area contributed by atoms with Crippen LogP contribution in [0.15, 0.2) is 41.5 Å². The van der Waals surface area contributed by atoms with Gasteiger partial charge in [0.05, 0.1) is 18.4 Å². The molecule has 29 heavy (non-hydrogen) atoms. The summed E-state index contributed by atoms with van der Waals surface area (Å²) in [5.41, 5.74) is 2.50. The molecule has 1 aliphatic carbocycles. The summed E-state index contributed by atoms with van der Waals surface area (Å²) in [6, 6.07) is 10.2. The number of aromatic amines is 1. The lowest BCUT2D eigenvalue weighted by atomic mass is 9.83. The van der Waals surface area contributed by atoms with Crippen LogP contribution in [0.5, 0.6) is 0 Å². The number of H-pyrrole nitrogens is 1. The number of halogens is 1. The molecule has 3 N–H and O–H groups in total. The molecule has 160 valence electrons. The Morgan fingerprint density at radius 1 is 1.21 bits per heavy atom. The molecule has 0 radical (unpaired) electrons. The van der Waals surface area contributed by atoms with E-state index in [0.29, 0.717) is 12.0 Å². The van der Waals surface area contributed by atoms with Crippen LogP contribution in [-0.2, 0) is 11.3 Å². The van der Waals surface area contributed by atoms with E-state index in [-0.39, 0.29) is 24.0 Å². The van der Waals surface area contributed by atoms with Gasteiger partial charge in [-0.05, 0) is 37.2 Å². The quantitative estimate of drug-likeness (QED) is 0.203. The third-order valence-corrected chi connectivity index (χ3v) is 5.64. The fraction of sp³-hybridized carbons (Fsp3) is 0.545. The van der Waals surface area contributed by atoms with Crippen molar-refractivity contribution >= 4 is 29.9 Å². The molecule has 3 rings (SSSR count). The van der Waals surface area contributed by atoms with Crippen molar-refractivity contribution in [3.05, 3.63) is 42.4 Å². The molecule has 0 bridgehead atoms. The Balaban J connectivity index is 0.00000300. The van der Waals surface area contributed by atoms with Crippen molar-refractivity contribution in [3.63, 3.8) is 0 Å². The standard InChI is InChI=1S/C22H33N5O.HI/c1-3-28-14-13-22(11-7-8-12-22)17-26-21(23-2)25-16-20-24-15-19(27-20)18-9-5-4-6-10-18;/h4-6,9-10,15H,3,7-8,11-14,16-17H2,1-2H3,(H,24,27)(H2,23,25,26);1H. The van der Waals surface area contributed by atoms with E-state index in [1.807, 2.05) is 31.4 Å². The number of ether oxygens (including phenoxy) is 1. The van der Waals surface area contributed by atoms with Crippen LogP contribution < -0.4 is 10.6 Å². The number of aromatic nitrogens is 2. The van der Waals surface area contributed by atoms with E-state index in [4.69, 9.17) is 4.74 Å². The number of benzene rings is 1. The number of hydrogen-bond donors (Lipinski definition) is 3. The highest BCUT2D eigenvalue weighted by molar-refractivity contribution is 14.0. The maximum Gasteiger partial charge on any atom is 0.191 e. The smallest absolute Gasteiger partial charge is 0.191 e. The Kier molecular flexibility index (Phi) is 9.93. The van der Waals surface area contributed by atoms with Gasteiger partial charge in [-0.15, -0.1) is 24.0 Å². The highest BCUT2D eigenvalue weighted by Gasteiger charge is 2.33. The van der Waals surface area contributed by atoms with Crippen LogP contribution in [0.3, 0.4) is 0 Å². The zero-order valence-corrected chi connectivity index (χ0v) is 19.9. The van der Waals surface area contributed by atoms with Gasteiger partial charge in [0.25, 0.3) is 0 Å². The molecule has 1 saturated carbocycles. The van der Waals surface area contributed by atoms with E-state index in [2.05, 4.69) is 44.7 Å². The molecule has 0 spiro atoms. The molecule has 0 amide bonds. The molecule has 1 aliphatic rings. The van der Waals surface area contributed by atoms with Gasteiger partial charge in [-0.2, -0.15) is 0 Å². The van der Waals surface area contributed by atoms with Crippen LogP contribution in [0.2, 0.25) is 0 Å². The number of imidazole rings is 1. The van der Waals surface area contributed by atoms with Gasteiger partial charge < -0.3 is 20.4 Å². The molecule has 1 aromatic heterocycles. The van der Waals surface area contributed by atoms with Crippen LogP contribution >= 0.6 is 24.0 Å². The van der Waals surface area contributed by atoms with Gasteiger partial charge in [0, 0.05) is 26.8 Å². The molecule has 0 atom stereocenters. The summed E-state index contributed by atoms with van der Waals surface area (Å²) in [5.74, 6) is 1.72. The SMILES string of the molecule is CCOCCC1(CNC(=NC)NCc2ncc(-c3ccccc3)[nH]2)CCCC1.I. The Bertz CT molecular complexity index is 741. The van der Waals surface area contributed by atoms with Gasteiger partial charge >= 0.3 is 0 Å². The topological polar surface area (TPSA) is 74.3 Å². The highest BCUT2D eigenvalue weighted by atomic mass is 127. The molecule has 0 aliphatic heterocycles. The van der Waals surface area contributed by atoms with Crippen molar-refractivity contribution in [2.45, 2.75) is 45.6 Å². The molecule has 0 unspecified atom stereocenters. The molecule has 1 fully saturated rings. The third-order valence-electron chi connectivity index (χ3n) is 5.64. The van der Waals surface area contributed by atoms with Gasteiger partial charge in [-0.3, -0.25) is 4.99 Å². The Labute approximate surface area is 191 Å². The molecule has 6 nitrogen and oxygen atoms in total. The van der Waals surface area contributed by atoms with Gasteiger partial charge in [0.15, 0.2) is 5.96 Å². The first-order valence-corrected chi connectivity index (χ1v) is 10.4. The number of rotatable bonds is 9. The molecule has 1 aromatic carbocycles. The normalized spacial score (nSPS) is 15.7. The van der Waals surface area contributed by atoms with E-state index >= 15 is 0 Å². The van der Waals surface area contributed by atoms with Crippen LogP contribution in [0, 0.1) is 5.41 Å². The summed E-state index contributed by atoms with van der Waals surface area (Å²) in [7, 11) is 1.81. The van der Waals surface area contributed by atoms with E-state index in [0.717, 1.165) is 49.2 Å². The molecular formula is C22H34IN5O. The van der Waals surface area contributed by atoms with Crippen LogP contribution in [0.1, 0.15) is 44.9 Å². The lowest BCUT2D eigenvalue weighted by Gasteiger charge is -2.30. The number of nitrogens with zero attached hydrogens (tertiary/aromatic N) is 2. The molecule has 7 heteroatoms. The zero-order chi connectivity index (χ0) is 19.7. The Hall–Kier alpha value is -1.61.